The van der Waals surface area contributed by atoms with Gasteiger partial charge >= 0.3 is 0 Å². The van der Waals surface area contributed by atoms with Crippen LogP contribution in [0.25, 0.3) is 0 Å². The summed E-state index contributed by atoms with van der Waals surface area (Å²) in [6, 6.07) is 16.7. The molecule has 1 atom stereocenters. The third-order valence-electron chi connectivity index (χ3n) is 3.36. The van der Waals surface area contributed by atoms with Crippen LogP contribution in [-0.4, -0.2) is 12.2 Å². The lowest BCUT2D eigenvalue weighted by molar-refractivity contribution is 0.0570. The number of hydrogen-bond donors (Lipinski definition) is 1. The van der Waals surface area contributed by atoms with E-state index in [1.54, 1.807) is 38.3 Å². The summed E-state index contributed by atoms with van der Waals surface area (Å²) in [5, 5.41) is 19.5. The van der Waals surface area contributed by atoms with Gasteiger partial charge in [-0.3, -0.25) is 0 Å². The fourth-order valence-corrected chi connectivity index (χ4v) is 2.23. The van der Waals surface area contributed by atoms with Gasteiger partial charge in [-0.15, -0.1) is 0 Å². The number of ether oxygens (including phenoxy) is 1. The van der Waals surface area contributed by atoms with Gasteiger partial charge in [-0.25, -0.2) is 0 Å². The number of para-hydroxylation sites is 1. The Morgan fingerprint density at radius 2 is 1.80 bits per heavy atom. The molecule has 2 aromatic carbocycles. The van der Waals surface area contributed by atoms with Gasteiger partial charge in [-0.2, -0.15) is 5.26 Å². The van der Waals surface area contributed by atoms with Crippen molar-refractivity contribution in [3.8, 4) is 11.8 Å². The fourth-order valence-electron chi connectivity index (χ4n) is 2.23. The van der Waals surface area contributed by atoms with Gasteiger partial charge in [0, 0.05) is 6.42 Å². The van der Waals surface area contributed by atoms with Gasteiger partial charge in [0.05, 0.1) is 24.3 Å². The average Bonchev–Trinajstić information content (AvgIpc) is 2.47. The largest absolute Gasteiger partial charge is 0.496 e. The summed E-state index contributed by atoms with van der Waals surface area (Å²) in [5.74, 6) is 0.765. The molecule has 0 aliphatic rings. The van der Waals surface area contributed by atoms with Gasteiger partial charge in [0.15, 0.2) is 0 Å². The highest BCUT2D eigenvalue weighted by Crippen LogP contribution is 2.29. The van der Waals surface area contributed by atoms with Crippen LogP contribution in [0.5, 0.6) is 5.75 Å². The van der Waals surface area contributed by atoms with E-state index in [1.807, 2.05) is 24.3 Å². The highest BCUT2D eigenvalue weighted by molar-refractivity contribution is 5.38. The molecule has 0 radical (unpaired) electrons. The quantitative estimate of drug-likeness (QED) is 0.926. The van der Waals surface area contributed by atoms with E-state index in [2.05, 4.69) is 6.07 Å². The molecule has 0 aliphatic carbocycles. The molecule has 0 saturated heterocycles. The predicted molar refractivity (Wildman–Crippen MR) is 77.4 cm³/mol. The lowest BCUT2D eigenvalue weighted by Gasteiger charge is -2.25. The Hall–Kier alpha value is -2.31. The summed E-state index contributed by atoms with van der Waals surface area (Å²) in [6.45, 7) is 1.76. The van der Waals surface area contributed by atoms with Gasteiger partial charge in [0.2, 0.25) is 0 Å². The number of hydrogen-bond acceptors (Lipinski definition) is 3. The molecule has 20 heavy (non-hydrogen) atoms. The minimum Gasteiger partial charge on any atom is -0.496 e. The normalized spacial score (nSPS) is 13.3. The molecule has 0 spiro atoms. The van der Waals surface area contributed by atoms with Crippen LogP contribution in [0.1, 0.15) is 23.6 Å². The van der Waals surface area contributed by atoms with Crippen LogP contribution in [0.15, 0.2) is 48.5 Å². The first-order chi connectivity index (χ1) is 9.56. The minimum atomic E-state index is -1.01. The van der Waals surface area contributed by atoms with Crippen molar-refractivity contribution in [2.45, 2.75) is 18.9 Å². The minimum absolute atomic E-state index is 0.447. The number of benzene rings is 2. The van der Waals surface area contributed by atoms with Gasteiger partial charge in [-0.05, 0) is 36.2 Å². The molecule has 2 aromatic rings. The Balaban J connectivity index is 2.28. The molecule has 3 heteroatoms. The second-order valence-electron chi connectivity index (χ2n) is 4.95. The van der Waals surface area contributed by atoms with E-state index in [4.69, 9.17) is 10.00 Å². The monoisotopic (exact) mass is 267 g/mol. The van der Waals surface area contributed by atoms with Crippen LogP contribution < -0.4 is 4.74 Å². The maximum absolute atomic E-state index is 10.7. The van der Waals surface area contributed by atoms with Gasteiger partial charge in [0.25, 0.3) is 0 Å². The zero-order valence-electron chi connectivity index (χ0n) is 11.6. The van der Waals surface area contributed by atoms with E-state index in [-0.39, 0.29) is 0 Å². The van der Waals surface area contributed by atoms with E-state index >= 15 is 0 Å². The molecule has 0 aromatic heterocycles. The maximum Gasteiger partial charge on any atom is 0.122 e. The first-order valence-electron chi connectivity index (χ1n) is 6.42. The standard InChI is InChI=1S/C17H17NO2/c1-17(19,15-9-7-13(12-18)8-10-15)11-14-5-3-4-6-16(14)20-2/h3-10,19H,11H2,1-2H3. The van der Waals surface area contributed by atoms with Gasteiger partial charge in [0.1, 0.15) is 5.75 Å². The molecular weight excluding hydrogens is 250 g/mol. The summed E-state index contributed by atoms with van der Waals surface area (Å²) in [5.41, 5.74) is 1.30. The topological polar surface area (TPSA) is 53.2 Å². The highest BCUT2D eigenvalue weighted by Gasteiger charge is 2.24. The Kier molecular flexibility index (Phi) is 4.07. The van der Waals surface area contributed by atoms with E-state index in [0.29, 0.717) is 12.0 Å². The second kappa shape index (κ2) is 5.77. The zero-order valence-corrected chi connectivity index (χ0v) is 11.6. The highest BCUT2D eigenvalue weighted by atomic mass is 16.5. The van der Waals surface area contributed by atoms with Gasteiger partial charge in [-0.1, -0.05) is 30.3 Å². The van der Waals surface area contributed by atoms with Crippen molar-refractivity contribution in [3.63, 3.8) is 0 Å². The summed E-state index contributed by atoms with van der Waals surface area (Å²) in [4.78, 5) is 0. The molecule has 1 N–H and O–H groups in total. The van der Waals surface area contributed by atoms with Crippen molar-refractivity contribution in [2.24, 2.45) is 0 Å². The first kappa shape index (κ1) is 14.1. The van der Waals surface area contributed by atoms with Crippen LogP contribution in [0.3, 0.4) is 0 Å². The van der Waals surface area contributed by atoms with E-state index in [9.17, 15) is 5.11 Å². The first-order valence-corrected chi connectivity index (χ1v) is 6.42. The Labute approximate surface area is 119 Å². The Morgan fingerprint density at radius 3 is 2.40 bits per heavy atom. The van der Waals surface area contributed by atoms with Crippen molar-refractivity contribution in [3.05, 3.63) is 65.2 Å². The number of nitrogens with zero attached hydrogens (tertiary/aromatic N) is 1. The third kappa shape index (κ3) is 2.98. The van der Waals surface area contributed by atoms with Crippen molar-refractivity contribution in [1.82, 2.24) is 0 Å². The zero-order chi connectivity index (χ0) is 14.6. The predicted octanol–water partition coefficient (Wildman–Crippen LogP) is 3.02. The SMILES string of the molecule is COc1ccccc1CC(C)(O)c1ccc(C#N)cc1. The maximum atomic E-state index is 10.7. The summed E-state index contributed by atoms with van der Waals surface area (Å²) >= 11 is 0. The molecule has 102 valence electrons. The molecule has 0 heterocycles. The molecule has 2 rings (SSSR count). The number of nitriles is 1. The lowest BCUT2D eigenvalue weighted by Crippen LogP contribution is -2.24. The molecule has 1 unspecified atom stereocenters. The van der Waals surface area contributed by atoms with Crippen LogP contribution in [0, 0.1) is 11.3 Å². The molecule has 0 amide bonds. The van der Waals surface area contributed by atoms with Crippen molar-refractivity contribution in [2.75, 3.05) is 7.11 Å². The Morgan fingerprint density at radius 1 is 1.15 bits per heavy atom. The smallest absolute Gasteiger partial charge is 0.122 e. The number of methoxy groups -OCH3 is 1. The van der Waals surface area contributed by atoms with E-state index in [0.717, 1.165) is 16.9 Å². The average molecular weight is 267 g/mol. The molecular formula is C17H17NO2. The van der Waals surface area contributed by atoms with Crippen LogP contribution in [0.2, 0.25) is 0 Å². The summed E-state index contributed by atoms with van der Waals surface area (Å²) < 4.78 is 5.31. The second-order valence-corrected chi connectivity index (χ2v) is 4.95. The fraction of sp³-hybridized carbons (Fsp3) is 0.235. The van der Waals surface area contributed by atoms with Crippen molar-refractivity contribution >= 4 is 0 Å². The molecule has 3 nitrogen and oxygen atoms in total. The molecule has 0 saturated carbocycles. The summed E-state index contributed by atoms with van der Waals surface area (Å²) in [6.07, 6.45) is 0.447. The molecule has 0 fully saturated rings. The van der Waals surface area contributed by atoms with Crippen molar-refractivity contribution in [1.29, 1.82) is 5.26 Å². The van der Waals surface area contributed by atoms with E-state index in [1.165, 1.54) is 0 Å². The third-order valence-corrected chi connectivity index (χ3v) is 3.36. The number of rotatable bonds is 4. The van der Waals surface area contributed by atoms with Crippen molar-refractivity contribution < 1.29 is 9.84 Å². The number of aliphatic hydroxyl groups is 1. The van der Waals surface area contributed by atoms with Crippen LogP contribution >= 0.6 is 0 Å². The lowest BCUT2D eigenvalue weighted by atomic mass is 9.88. The van der Waals surface area contributed by atoms with E-state index < -0.39 is 5.60 Å². The van der Waals surface area contributed by atoms with Crippen LogP contribution in [0.4, 0.5) is 0 Å². The Bertz CT molecular complexity index is 624. The molecule has 0 aliphatic heterocycles. The molecule has 0 bridgehead atoms. The van der Waals surface area contributed by atoms with Crippen LogP contribution in [-0.2, 0) is 12.0 Å². The van der Waals surface area contributed by atoms with Gasteiger partial charge < -0.3 is 9.84 Å². The summed E-state index contributed by atoms with van der Waals surface area (Å²) in [7, 11) is 1.62.